The molecule has 2 heterocycles. The molecule has 2 aromatic carbocycles. The molecule has 3 aromatic rings. The molecule has 2 amide bonds. The van der Waals surface area contributed by atoms with Crippen molar-refractivity contribution in [2.75, 3.05) is 24.5 Å². The van der Waals surface area contributed by atoms with Gasteiger partial charge in [0.15, 0.2) is 0 Å². The van der Waals surface area contributed by atoms with Gasteiger partial charge in [-0.3, -0.25) is 9.69 Å². The van der Waals surface area contributed by atoms with Crippen LogP contribution < -0.4 is 9.46 Å². The molecule has 1 aliphatic rings. The molecule has 0 saturated heterocycles. The van der Waals surface area contributed by atoms with Crippen molar-refractivity contribution in [1.82, 2.24) is 19.8 Å². The number of halogens is 3. The van der Waals surface area contributed by atoms with E-state index in [1.807, 2.05) is 32.0 Å². The number of sulfonamides is 1. The molecule has 1 aromatic heterocycles. The minimum atomic E-state index is -4.67. The standard InChI is InChI=1S/C35H44F3N5O6S/c1-9-16-42(32(45)49-33(4,5)6)21-43-25(19-34(7,8)35(36,37)38)20-48-28-18-27(29-22(2)12-10-13-23(29)3)39-31(40-28)41-50(46,47)26-15-11-14-24(17-26)30(43)44/h10-15,17-18,25H,9,16,19-21H2,1-8H3,(H,39,40,41)/t25-/m1/s1. The van der Waals surface area contributed by atoms with E-state index < -0.39 is 65.0 Å². The molecule has 0 unspecified atom stereocenters. The fourth-order valence-corrected chi connectivity index (χ4v) is 6.51. The molecule has 0 aliphatic carbocycles. The van der Waals surface area contributed by atoms with E-state index in [-0.39, 0.29) is 28.8 Å². The van der Waals surface area contributed by atoms with Crippen molar-refractivity contribution in [3.8, 4) is 17.1 Å². The number of nitrogens with zero attached hydrogens (tertiary/aromatic N) is 4. The van der Waals surface area contributed by atoms with Crippen LogP contribution in [-0.4, -0.2) is 77.8 Å². The number of carbonyl (C=O) groups excluding carboxylic acids is 2. The van der Waals surface area contributed by atoms with E-state index in [1.165, 1.54) is 29.2 Å². The van der Waals surface area contributed by atoms with Crippen molar-refractivity contribution in [2.24, 2.45) is 5.41 Å². The topological polar surface area (TPSA) is 131 Å². The van der Waals surface area contributed by atoms with Crippen molar-refractivity contribution in [1.29, 1.82) is 0 Å². The number of amides is 2. The quantitative estimate of drug-likeness (QED) is 0.268. The number of nitrogens with one attached hydrogen (secondary N) is 1. The SMILES string of the molecule is CCCN(CN1C(=O)c2cccc(c2)S(=O)(=O)Nc2nc(cc(-c3c(C)cccc3C)n2)OC[C@H]1CC(C)(C)C(F)(F)F)C(=O)OC(C)(C)C. The highest BCUT2D eigenvalue weighted by atomic mass is 32.2. The summed E-state index contributed by atoms with van der Waals surface area (Å²) in [5.74, 6) is -1.29. The number of alkyl halides is 3. The Morgan fingerprint density at radius 3 is 2.28 bits per heavy atom. The number of hydrogen-bond donors (Lipinski definition) is 1. The maximum Gasteiger partial charge on any atom is 0.411 e. The maximum atomic E-state index is 14.4. The number of anilines is 1. The number of hydrogen-bond acceptors (Lipinski definition) is 8. The van der Waals surface area contributed by atoms with Crippen LogP contribution in [0.4, 0.5) is 23.9 Å². The second kappa shape index (κ2) is 14.4. The normalized spacial score (nSPS) is 16.7. The van der Waals surface area contributed by atoms with E-state index in [2.05, 4.69) is 14.7 Å². The maximum absolute atomic E-state index is 14.4. The minimum absolute atomic E-state index is 0.113. The fraction of sp³-hybridized carbons (Fsp3) is 0.486. The van der Waals surface area contributed by atoms with Gasteiger partial charge in [0.1, 0.15) is 12.2 Å². The van der Waals surface area contributed by atoms with Gasteiger partial charge in [0.2, 0.25) is 11.8 Å². The van der Waals surface area contributed by atoms with Crippen molar-refractivity contribution < 1.29 is 40.7 Å². The Balaban J connectivity index is 1.94. The van der Waals surface area contributed by atoms with Crippen LogP contribution in [0.1, 0.15) is 75.9 Å². The third-order valence-electron chi connectivity index (χ3n) is 8.16. The minimum Gasteiger partial charge on any atom is -0.475 e. The molecule has 15 heteroatoms. The van der Waals surface area contributed by atoms with E-state index in [4.69, 9.17) is 9.47 Å². The summed E-state index contributed by atoms with van der Waals surface area (Å²) in [5.41, 5.74) is -0.699. The first kappa shape index (κ1) is 38.4. The van der Waals surface area contributed by atoms with Gasteiger partial charge in [-0.25, -0.2) is 22.9 Å². The van der Waals surface area contributed by atoms with Gasteiger partial charge in [-0.2, -0.15) is 18.2 Å². The van der Waals surface area contributed by atoms with Gasteiger partial charge in [0.25, 0.3) is 15.9 Å². The van der Waals surface area contributed by atoms with Gasteiger partial charge in [0.05, 0.1) is 28.7 Å². The molecule has 1 aliphatic heterocycles. The zero-order valence-electron chi connectivity index (χ0n) is 29.5. The Morgan fingerprint density at radius 2 is 1.68 bits per heavy atom. The van der Waals surface area contributed by atoms with Crippen LogP contribution in [0.2, 0.25) is 0 Å². The van der Waals surface area contributed by atoms with Crippen molar-refractivity contribution in [2.45, 2.75) is 90.9 Å². The Hall–Kier alpha value is -4.40. The highest BCUT2D eigenvalue weighted by molar-refractivity contribution is 7.92. The molecule has 1 N–H and O–H groups in total. The summed E-state index contributed by atoms with van der Waals surface area (Å²) in [6.45, 7) is 11.7. The summed E-state index contributed by atoms with van der Waals surface area (Å²) in [5, 5.41) is 0. The summed E-state index contributed by atoms with van der Waals surface area (Å²) in [6.07, 6.45) is -5.63. The lowest BCUT2D eigenvalue weighted by atomic mass is 9.84. The van der Waals surface area contributed by atoms with Crippen LogP contribution in [0.5, 0.6) is 5.88 Å². The van der Waals surface area contributed by atoms with Gasteiger partial charge in [-0.05, 0) is 76.8 Å². The average Bonchev–Trinajstić information content (AvgIpc) is 2.99. The highest BCUT2D eigenvalue weighted by Crippen LogP contribution is 2.42. The number of aromatic nitrogens is 2. The van der Waals surface area contributed by atoms with E-state index in [9.17, 15) is 31.2 Å². The molecule has 0 saturated carbocycles. The number of ether oxygens (including phenoxy) is 2. The third kappa shape index (κ3) is 9.03. The lowest BCUT2D eigenvalue weighted by Crippen LogP contribution is -2.54. The summed E-state index contributed by atoms with van der Waals surface area (Å²) in [4.78, 5) is 38.5. The second-order valence-corrected chi connectivity index (χ2v) is 15.7. The van der Waals surface area contributed by atoms with Crippen molar-refractivity contribution in [3.05, 3.63) is 65.2 Å². The smallest absolute Gasteiger partial charge is 0.411 e. The zero-order chi connectivity index (χ0) is 37.2. The molecule has 11 nitrogen and oxygen atoms in total. The molecular weight excluding hydrogens is 675 g/mol. The Morgan fingerprint density at radius 1 is 1.04 bits per heavy atom. The first-order valence-corrected chi connectivity index (χ1v) is 17.7. The van der Waals surface area contributed by atoms with E-state index in [1.54, 1.807) is 27.7 Å². The monoisotopic (exact) mass is 719 g/mol. The Labute approximate surface area is 291 Å². The largest absolute Gasteiger partial charge is 0.475 e. The number of rotatable bonds is 7. The van der Waals surface area contributed by atoms with Crippen LogP contribution in [0, 0.1) is 19.3 Å². The number of fused-ring (bicyclic) bond motifs is 4. The lowest BCUT2D eigenvalue weighted by Gasteiger charge is -2.40. The molecule has 0 fully saturated rings. The lowest BCUT2D eigenvalue weighted by molar-refractivity contribution is -0.218. The molecule has 0 spiro atoms. The fourth-order valence-electron chi connectivity index (χ4n) is 5.52. The van der Waals surface area contributed by atoms with Crippen molar-refractivity contribution in [3.63, 3.8) is 0 Å². The third-order valence-corrected chi connectivity index (χ3v) is 9.49. The van der Waals surface area contributed by atoms with Gasteiger partial charge in [-0.15, -0.1) is 0 Å². The molecule has 50 heavy (non-hydrogen) atoms. The van der Waals surface area contributed by atoms with E-state index in [0.717, 1.165) is 35.9 Å². The predicted octanol–water partition coefficient (Wildman–Crippen LogP) is 7.35. The van der Waals surface area contributed by atoms with Crippen LogP contribution in [0.25, 0.3) is 11.3 Å². The van der Waals surface area contributed by atoms with Crippen LogP contribution in [0.15, 0.2) is 53.4 Å². The van der Waals surface area contributed by atoms with Crippen molar-refractivity contribution >= 4 is 28.0 Å². The summed E-state index contributed by atoms with van der Waals surface area (Å²) >= 11 is 0. The van der Waals surface area contributed by atoms with Crippen LogP contribution in [0.3, 0.4) is 0 Å². The van der Waals surface area contributed by atoms with Gasteiger partial charge < -0.3 is 14.4 Å². The average molecular weight is 720 g/mol. The summed E-state index contributed by atoms with van der Waals surface area (Å²) < 4.78 is 84.6. The molecule has 1 atom stereocenters. The van der Waals surface area contributed by atoms with Crippen LogP contribution in [-0.2, 0) is 14.8 Å². The number of benzene rings is 2. The number of aryl methyl sites for hydroxylation is 2. The zero-order valence-corrected chi connectivity index (χ0v) is 30.3. The summed E-state index contributed by atoms with van der Waals surface area (Å²) in [6, 6.07) is 10.8. The Kier molecular flexibility index (Phi) is 11.1. The van der Waals surface area contributed by atoms with Gasteiger partial charge >= 0.3 is 12.3 Å². The first-order chi connectivity index (χ1) is 23.1. The number of carbonyl (C=O) groups is 2. The van der Waals surface area contributed by atoms with Gasteiger partial charge in [0, 0.05) is 23.7 Å². The summed E-state index contributed by atoms with van der Waals surface area (Å²) in [7, 11) is -4.38. The predicted molar refractivity (Wildman–Crippen MR) is 182 cm³/mol. The molecular formula is C35H44F3N5O6S. The van der Waals surface area contributed by atoms with Crippen LogP contribution >= 0.6 is 0 Å². The first-order valence-electron chi connectivity index (χ1n) is 16.2. The van der Waals surface area contributed by atoms with E-state index in [0.29, 0.717) is 17.7 Å². The Bertz CT molecular complexity index is 1820. The van der Waals surface area contributed by atoms with Gasteiger partial charge in [-0.1, -0.05) is 45.0 Å². The second-order valence-electron chi connectivity index (χ2n) is 14.0. The molecule has 4 rings (SSSR count). The molecule has 272 valence electrons. The molecule has 0 radical (unpaired) electrons. The highest BCUT2D eigenvalue weighted by Gasteiger charge is 2.49. The molecule has 4 bridgehead atoms. The van der Waals surface area contributed by atoms with E-state index >= 15 is 0 Å².